The Hall–Kier alpha value is 0. The van der Waals surface area contributed by atoms with Gasteiger partial charge in [0, 0.05) is 0 Å². The maximum Gasteiger partial charge on any atom is -0.0272 e. The Balaban J connectivity index is 2.66. The van der Waals surface area contributed by atoms with Crippen LogP contribution in [-0.2, 0) is 0 Å². The summed E-state index contributed by atoms with van der Waals surface area (Å²) in [6.45, 7) is 17.0. The normalized spacial score (nSPS) is 32.6. The van der Waals surface area contributed by atoms with E-state index < -0.39 is 0 Å². The molecule has 0 spiro atoms. The van der Waals surface area contributed by atoms with E-state index in [9.17, 15) is 0 Å². The summed E-state index contributed by atoms with van der Waals surface area (Å²) < 4.78 is 0. The lowest BCUT2D eigenvalue weighted by Gasteiger charge is -2.52. The van der Waals surface area contributed by atoms with Crippen LogP contribution in [0.1, 0.15) is 74.1 Å². The van der Waals surface area contributed by atoms with Crippen molar-refractivity contribution in [3.63, 3.8) is 0 Å². The maximum atomic E-state index is 2.47. The molecule has 0 aromatic rings. The molecule has 3 atom stereocenters. The minimum atomic E-state index is 0.484. The monoisotopic (exact) mass is 224 g/mol. The molecule has 1 aliphatic carbocycles. The van der Waals surface area contributed by atoms with Gasteiger partial charge in [0.05, 0.1) is 0 Å². The van der Waals surface area contributed by atoms with Gasteiger partial charge < -0.3 is 0 Å². The molecule has 3 unspecified atom stereocenters. The standard InChI is InChI=1S/C16H32/c1-8-16(10-9-13(16)4)11-14(5)15(6,7)12(2)3/h12-14H,8-11H2,1-7H3. The molecule has 0 heterocycles. The molecule has 1 aliphatic rings. The predicted octanol–water partition coefficient (Wildman–Crippen LogP) is 5.52. The molecule has 0 aliphatic heterocycles. The highest BCUT2D eigenvalue weighted by Gasteiger charge is 2.45. The van der Waals surface area contributed by atoms with E-state index in [-0.39, 0.29) is 0 Å². The van der Waals surface area contributed by atoms with Crippen LogP contribution in [-0.4, -0.2) is 0 Å². The zero-order chi connectivity index (χ0) is 12.6. The third-order valence-corrected chi connectivity index (χ3v) is 6.30. The van der Waals surface area contributed by atoms with Crippen molar-refractivity contribution >= 4 is 0 Å². The Morgan fingerprint density at radius 2 is 1.81 bits per heavy atom. The van der Waals surface area contributed by atoms with Crippen molar-refractivity contribution in [3.8, 4) is 0 Å². The zero-order valence-electron chi connectivity index (χ0n) is 12.6. The lowest BCUT2D eigenvalue weighted by molar-refractivity contribution is -0.0161. The fraction of sp³-hybridized carbons (Fsp3) is 1.00. The average Bonchev–Trinajstić information content (AvgIpc) is 2.22. The van der Waals surface area contributed by atoms with Gasteiger partial charge in [0.15, 0.2) is 0 Å². The SMILES string of the molecule is CCC1(CC(C)C(C)(C)C(C)C)CCC1C. The van der Waals surface area contributed by atoms with Crippen LogP contribution >= 0.6 is 0 Å². The molecule has 0 aromatic heterocycles. The Kier molecular flexibility index (Phi) is 4.13. The van der Waals surface area contributed by atoms with Crippen LogP contribution in [0.5, 0.6) is 0 Å². The van der Waals surface area contributed by atoms with Crippen LogP contribution in [0.3, 0.4) is 0 Å². The van der Waals surface area contributed by atoms with Crippen LogP contribution in [0.15, 0.2) is 0 Å². The quantitative estimate of drug-likeness (QED) is 0.576. The molecule has 0 N–H and O–H groups in total. The van der Waals surface area contributed by atoms with Gasteiger partial charge in [-0.3, -0.25) is 0 Å². The van der Waals surface area contributed by atoms with E-state index in [1.807, 2.05) is 0 Å². The number of hydrogen-bond acceptors (Lipinski definition) is 0. The second-order valence-electron chi connectivity index (χ2n) is 7.24. The summed E-state index contributed by atoms with van der Waals surface area (Å²) in [7, 11) is 0. The van der Waals surface area contributed by atoms with Crippen molar-refractivity contribution in [1.29, 1.82) is 0 Å². The van der Waals surface area contributed by atoms with E-state index in [1.54, 1.807) is 0 Å². The van der Waals surface area contributed by atoms with Crippen LogP contribution in [0.2, 0.25) is 0 Å². The number of hydrogen-bond donors (Lipinski definition) is 0. The van der Waals surface area contributed by atoms with E-state index in [4.69, 9.17) is 0 Å². The van der Waals surface area contributed by atoms with E-state index in [2.05, 4.69) is 48.5 Å². The zero-order valence-corrected chi connectivity index (χ0v) is 12.6. The molecule has 0 saturated heterocycles. The molecule has 0 bridgehead atoms. The Morgan fingerprint density at radius 3 is 2.06 bits per heavy atom. The van der Waals surface area contributed by atoms with Crippen molar-refractivity contribution in [1.82, 2.24) is 0 Å². The first-order valence-corrected chi connectivity index (χ1v) is 7.26. The largest absolute Gasteiger partial charge is 0.0648 e. The summed E-state index contributed by atoms with van der Waals surface area (Å²) in [6, 6.07) is 0. The van der Waals surface area contributed by atoms with Crippen LogP contribution in [0.4, 0.5) is 0 Å². The minimum Gasteiger partial charge on any atom is -0.0648 e. The Morgan fingerprint density at radius 1 is 1.25 bits per heavy atom. The molecule has 96 valence electrons. The van der Waals surface area contributed by atoms with Crippen molar-refractivity contribution in [2.24, 2.45) is 28.6 Å². The molecule has 1 rings (SSSR count). The van der Waals surface area contributed by atoms with Gasteiger partial charge in [-0.25, -0.2) is 0 Å². The molecular formula is C16H32. The second kappa shape index (κ2) is 4.70. The van der Waals surface area contributed by atoms with Crippen molar-refractivity contribution in [3.05, 3.63) is 0 Å². The van der Waals surface area contributed by atoms with Gasteiger partial charge in [-0.15, -0.1) is 0 Å². The molecular weight excluding hydrogens is 192 g/mol. The minimum absolute atomic E-state index is 0.484. The highest BCUT2D eigenvalue weighted by Crippen LogP contribution is 2.55. The summed E-state index contributed by atoms with van der Waals surface area (Å²) in [6.07, 6.45) is 5.76. The summed E-state index contributed by atoms with van der Waals surface area (Å²) in [5, 5.41) is 0. The average molecular weight is 224 g/mol. The molecule has 16 heavy (non-hydrogen) atoms. The third kappa shape index (κ3) is 2.31. The smallest absolute Gasteiger partial charge is 0.0272 e. The first-order valence-electron chi connectivity index (χ1n) is 7.26. The lowest BCUT2D eigenvalue weighted by Crippen LogP contribution is -2.42. The highest BCUT2D eigenvalue weighted by molar-refractivity contribution is 4.95. The molecule has 0 radical (unpaired) electrons. The second-order valence-corrected chi connectivity index (χ2v) is 7.24. The fourth-order valence-electron chi connectivity index (χ4n) is 3.26. The van der Waals surface area contributed by atoms with Gasteiger partial charge in [0.1, 0.15) is 0 Å². The Labute approximate surface area is 103 Å². The number of rotatable bonds is 5. The molecule has 0 amide bonds. The van der Waals surface area contributed by atoms with Gasteiger partial charge in [-0.1, -0.05) is 54.9 Å². The first kappa shape index (κ1) is 14.1. The van der Waals surface area contributed by atoms with Crippen LogP contribution < -0.4 is 0 Å². The molecule has 0 heteroatoms. The van der Waals surface area contributed by atoms with Gasteiger partial charge in [0.25, 0.3) is 0 Å². The molecule has 1 saturated carbocycles. The van der Waals surface area contributed by atoms with Crippen LogP contribution in [0.25, 0.3) is 0 Å². The van der Waals surface area contributed by atoms with Gasteiger partial charge in [-0.05, 0) is 47.8 Å². The molecule has 0 nitrogen and oxygen atoms in total. The summed E-state index contributed by atoms with van der Waals surface area (Å²) >= 11 is 0. The molecule has 0 aromatic carbocycles. The summed E-state index contributed by atoms with van der Waals surface area (Å²) in [5.41, 5.74) is 1.17. The van der Waals surface area contributed by atoms with E-state index in [0.717, 1.165) is 17.8 Å². The maximum absolute atomic E-state index is 2.47. The first-order chi connectivity index (χ1) is 7.26. The van der Waals surface area contributed by atoms with Crippen LogP contribution in [0, 0.1) is 28.6 Å². The van der Waals surface area contributed by atoms with Gasteiger partial charge >= 0.3 is 0 Å². The summed E-state index contributed by atoms with van der Waals surface area (Å²) in [5.74, 6) is 2.59. The van der Waals surface area contributed by atoms with Gasteiger partial charge in [-0.2, -0.15) is 0 Å². The van der Waals surface area contributed by atoms with Crippen molar-refractivity contribution in [2.45, 2.75) is 74.1 Å². The predicted molar refractivity (Wildman–Crippen MR) is 73.5 cm³/mol. The topological polar surface area (TPSA) is 0 Å². The van der Waals surface area contributed by atoms with E-state index in [0.29, 0.717) is 10.8 Å². The third-order valence-electron chi connectivity index (χ3n) is 6.30. The van der Waals surface area contributed by atoms with Crippen molar-refractivity contribution in [2.75, 3.05) is 0 Å². The lowest BCUT2D eigenvalue weighted by atomic mass is 9.53. The highest BCUT2D eigenvalue weighted by atomic mass is 14.5. The molecule has 1 fully saturated rings. The van der Waals surface area contributed by atoms with E-state index in [1.165, 1.54) is 25.7 Å². The van der Waals surface area contributed by atoms with Crippen molar-refractivity contribution < 1.29 is 0 Å². The van der Waals surface area contributed by atoms with Gasteiger partial charge in [0.2, 0.25) is 0 Å². The van der Waals surface area contributed by atoms with E-state index >= 15 is 0 Å². The Bertz CT molecular complexity index is 222. The summed E-state index contributed by atoms with van der Waals surface area (Å²) in [4.78, 5) is 0. The fourth-order valence-corrected chi connectivity index (χ4v) is 3.26.